The number of nitrogens with one attached hydrogen (secondary N) is 1. The van der Waals surface area contributed by atoms with Crippen molar-refractivity contribution in [1.29, 1.82) is 0 Å². The normalized spacial score (nSPS) is 28.6. The molecule has 2 heterocycles. The zero-order chi connectivity index (χ0) is 14.4. The van der Waals surface area contributed by atoms with E-state index in [-0.39, 0.29) is 0 Å². The molecule has 2 aliphatic heterocycles. The maximum atomic E-state index is 3.63. The van der Waals surface area contributed by atoms with E-state index >= 15 is 0 Å². The van der Waals surface area contributed by atoms with Crippen molar-refractivity contribution in [2.24, 2.45) is 0 Å². The summed E-state index contributed by atoms with van der Waals surface area (Å²) in [6.07, 6.45) is 4.17. The fourth-order valence-electron chi connectivity index (χ4n) is 3.66. The summed E-state index contributed by atoms with van der Waals surface area (Å²) in [5.74, 6) is 0. The van der Waals surface area contributed by atoms with Gasteiger partial charge >= 0.3 is 0 Å². The molecule has 118 valence electrons. The topological polar surface area (TPSA) is 21.8 Å². The van der Waals surface area contributed by atoms with Crippen molar-refractivity contribution in [2.45, 2.75) is 45.2 Å². The number of piperidine rings is 1. The van der Waals surface area contributed by atoms with Gasteiger partial charge in [-0.05, 0) is 39.9 Å². The van der Waals surface area contributed by atoms with Crippen molar-refractivity contribution in [3.05, 3.63) is 0 Å². The van der Waals surface area contributed by atoms with Gasteiger partial charge in [-0.1, -0.05) is 13.3 Å². The molecule has 2 saturated heterocycles. The molecule has 0 aliphatic carbocycles. The molecule has 2 aliphatic rings. The quantitative estimate of drug-likeness (QED) is 0.787. The third kappa shape index (κ3) is 4.69. The maximum Gasteiger partial charge on any atom is 0.0247 e. The van der Waals surface area contributed by atoms with Crippen molar-refractivity contribution >= 4 is 0 Å². The first-order chi connectivity index (χ1) is 9.70. The second kappa shape index (κ2) is 8.32. The molecule has 2 fully saturated rings. The highest BCUT2D eigenvalue weighted by Crippen LogP contribution is 2.19. The highest BCUT2D eigenvalue weighted by atomic mass is 15.3. The van der Waals surface area contributed by atoms with Crippen LogP contribution in [0.2, 0.25) is 0 Å². The van der Waals surface area contributed by atoms with Crippen LogP contribution in [0.1, 0.15) is 33.1 Å². The molecular formula is C16H34N4. The number of rotatable bonds is 6. The molecule has 0 spiro atoms. The minimum atomic E-state index is 0.632. The van der Waals surface area contributed by atoms with Gasteiger partial charge in [0.2, 0.25) is 0 Å². The minimum absolute atomic E-state index is 0.632. The molecule has 2 atom stereocenters. The Labute approximate surface area is 125 Å². The highest BCUT2D eigenvalue weighted by molar-refractivity contribution is 4.85. The van der Waals surface area contributed by atoms with Gasteiger partial charge in [0.25, 0.3) is 0 Å². The summed E-state index contributed by atoms with van der Waals surface area (Å²) in [7, 11) is 2.23. The van der Waals surface area contributed by atoms with Crippen LogP contribution in [0.4, 0.5) is 0 Å². The van der Waals surface area contributed by atoms with Gasteiger partial charge in [-0.15, -0.1) is 0 Å². The monoisotopic (exact) mass is 282 g/mol. The highest BCUT2D eigenvalue weighted by Gasteiger charge is 2.27. The fourth-order valence-corrected chi connectivity index (χ4v) is 3.66. The standard InChI is InChI=1S/C16H34N4/c1-4-17-15(2)16-7-5-6-8-20(16)14-13-19-11-9-18(3)10-12-19/h15-17H,4-14H2,1-3H3. The molecule has 0 saturated carbocycles. The molecule has 0 aromatic carbocycles. The first kappa shape index (κ1) is 16.2. The molecule has 4 nitrogen and oxygen atoms in total. The summed E-state index contributed by atoms with van der Waals surface area (Å²) < 4.78 is 0. The molecule has 0 aromatic heterocycles. The Bertz CT molecular complexity index is 263. The van der Waals surface area contributed by atoms with Gasteiger partial charge in [0, 0.05) is 51.4 Å². The largest absolute Gasteiger partial charge is 0.313 e. The molecule has 0 amide bonds. The van der Waals surface area contributed by atoms with E-state index in [1.807, 2.05) is 0 Å². The van der Waals surface area contributed by atoms with Gasteiger partial charge in [0.1, 0.15) is 0 Å². The Morgan fingerprint density at radius 3 is 2.50 bits per heavy atom. The lowest BCUT2D eigenvalue weighted by atomic mass is 9.96. The SMILES string of the molecule is CCNC(C)C1CCCCN1CCN1CCN(C)CC1. The van der Waals surface area contributed by atoms with E-state index < -0.39 is 0 Å². The van der Waals surface area contributed by atoms with Crippen LogP contribution in [0, 0.1) is 0 Å². The first-order valence-electron chi connectivity index (χ1n) is 8.59. The lowest BCUT2D eigenvalue weighted by Gasteiger charge is -2.41. The van der Waals surface area contributed by atoms with E-state index in [1.165, 1.54) is 65.1 Å². The van der Waals surface area contributed by atoms with Crippen molar-refractivity contribution in [3.63, 3.8) is 0 Å². The summed E-state index contributed by atoms with van der Waals surface area (Å²) in [6, 6.07) is 1.38. The molecule has 4 heteroatoms. The summed E-state index contributed by atoms with van der Waals surface area (Å²) in [5, 5.41) is 3.63. The number of nitrogens with zero attached hydrogens (tertiary/aromatic N) is 3. The average Bonchev–Trinajstić information content (AvgIpc) is 2.47. The van der Waals surface area contributed by atoms with Gasteiger partial charge in [-0.3, -0.25) is 9.80 Å². The second-order valence-electron chi connectivity index (χ2n) is 6.59. The smallest absolute Gasteiger partial charge is 0.0247 e. The van der Waals surface area contributed by atoms with Gasteiger partial charge < -0.3 is 10.2 Å². The fraction of sp³-hybridized carbons (Fsp3) is 1.00. The van der Waals surface area contributed by atoms with Crippen molar-refractivity contribution in [3.8, 4) is 0 Å². The van der Waals surface area contributed by atoms with Gasteiger partial charge in [0.05, 0.1) is 0 Å². The number of piperazine rings is 1. The third-order valence-corrected chi connectivity index (χ3v) is 5.07. The number of likely N-dealkylation sites (tertiary alicyclic amines) is 1. The molecule has 2 rings (SSSR count). The second-order valence-corrected chi connectivity index (χ2v) is 6.59. The molecule has 0 radical (unpaired) electrons. The van der Waals surface area contributed by atoms with Crippen LogP contribution in [0.5, 0.6) is 0 Å². The molecule has 2 unspecified atom stereocenters. The Balaban J connectivity index is 1.76. The Hall–Kier alpha value is -0.160. The van der Waals surface area contributed by atoms with E-state index in [9.17, 15) is 0 Å². The van der Waals surface area contributed by atoms with E-state index in [2.05, 4.69) is 40.9 Å². The molecule has 20 heavy (non-hydrogen) atoms. The maximum absolute atomic E-state index is 3.63. The van der Waals surface area contributed by atoms with Gasteiger partial charge in [0.15, 0.2) is 0 Å². The van der Waals surface area contributed by atoms with Crippen LogP contribution >= 0.6 is 0 Å². The number of hydrogen-bond acceptors (Lipinski definition) is 4. The zero-order valence-electron chi connectivity index (χ0n) is 13.8. The van der Waals surface area contributed by atoms with E-state index in [4.69, 9.17) is 0 Å². The summed E-state index contributed by atoms with van der Waals surface area (Å²) >= 11 is 0. The predicted molar refractivity (Wildman–Crippen MR) is 86.3 cm³/mol. The summed E-state index contributed by atoms with van der Waals surface area (Å²) in [6.45, 7) is 14.4. The lowest BCUT2D eigenvalue weighted by molar-refractivity contribution is 0.0875. The summed E-state index contributed by atoms with van der Waals surface area (Å²) in [4.78, 5) is 7.83. The Kier molecular flexibility index (Phi) is 6.75. The predicted octanol–water partition coefficient (Wildman–Crippen LogP) is 1.09. The lowest BCUT2D eigenvalue weighted by Crippen LogP contribution is -2.54. The van der Waals surface area contributed by atoms with Crippen molar-refractivity contribution in [1.82, 2.24) is 20.0 Å². The van der Waals surface area contributed by atoms with Crippen molar-refractivity contribution < 1.29 is 0 Å². The van der Waals surface area contributed by atoms with E-state index in [0.29, 0.717) is 6.04 Å². The van der Waals surface area contributed by atoms with Crippen LogP contribution in [-0.4, -0.2) is 86.2 Å². The van der Waals surface area contributed by atoms with E-state index in [0.717, 1.165) is 12.6 Å². The number of hydrogen-bond donors (Lipinski definition) is 1. The summed E-state index contributed by atoms with van der Waals surface area (Å²) in [5.41, 5.74) is 0. The van der Waals surface area contributed by atoms with Gasteiger partial charge in [-0.25, -0.2) is 0 Å². The van der Waals surface area contributed by atoms with Gasteiger partial charge in [-0.2, -0.15) is 0 Å². The Morgan fingerprint density at radius 2 is 1.80 bits per heavy atom. The molecule has 1 N–H and O–H groups in total. The van der Waals surface area contributed by atoms with Crippen LogP contribution in [-0.2, 0) is 0 Å². The molecular weight excluding hydrogens is 248 g/mol. The van der Waals surface area contributed by atoms with Crippen LogP contribution < -0.4 is 5.32 Å². The zero-order valence-corrected chi connectivity index (χ0v) is 13.8. The minimum Gasteiger partial charge on any atom is -0.313 e. The first-order valence-corrected chi connectivity index (χ1v) is 8.59. The Morgan fingerprint density at radius 1 is 1.05 bits per heavy atom. The van der Waals surface area contributed by atoms with Crippen LogP contribution in [0.3, 0.4) is 0 Å². The third-order valence-electron chi connectivity index (χ3n) is 5.07. The van der Waals surface area contributed by atoms with Crippen molar-refractivity contribution in [2.75, 3.05) is 59.4 Å². The average molecular weight is 282 g/mol. The molecule has 0 bridgehead atoms. The molecule has 0 aromatic rings. The number of likely N-dealkylation sites (N-methyl/N-ethyl adjacent to an activating group) is 2. The van der Waals surface area contributed by atoms with Crippen LogP contribution in [0.15, 0.2) is 0 Å². The van der Waals surface area contributed by atoms with Crippen LogP contribution in [0.25, 0.3) is 0 Å². The van der Waals surface area contributed by atoms with E-state index in [1.54, 1.807) is 0 Å².